The van der Waals surface area contributed by atoms with Crippen molar-refractivity contribution >= 4 is 12.2 Å². The van der Waals surface area contributed by atoms with Gasteiger partial charge in [-0.3, -0.25) is 0 Å². The molecule has 7 heavy (non-hydrogen) atoms. The van der Waals surface area contributed by atoms with Crippen molar-refractivity contribution in [3.8, 4) is 0 Å². The molecule has 0 aliphatic carbocycles. The lowest BCUT2D eigenvalue weighted by Crippen LogP contribution is -1.72. The molecule has 0 saturated carbocycles. The van der Waals surface area contributed by atoms with Gasteiger partial charge in [-0.1, -0.05) is 5.10 Å². The third-order valence-corrected chi connectivity index (χ3v) is 0.276. The predicted octanol–water partition coefficient (Wildman–Crippen LogP) is 0.0397. The van der Waals surface area contributed by atoms with Gasteiger partial charge in [0.05, 0.1) is 0 Å². The van der Waals surface area contributed by atoms with Crippen molar-refractivity contribution < 1.29 is 0 Å². The van der Waals surface area contributed by atoms with E-state index in [2.05, 4.69) is 27.2 Å². The highest BCUT2D eigenvalue weighted by Gasteiger charge is 1.49. The Hall–Kier alpha value is -1.15. The molecule has 4 nitrogen and oxygen atoms in total. The zero-order valence-electron chi connectivity index (χ0n) is 4.00. The number of hydrogen-bond donors (Lipinski definition) is 1. The molecule has 0 fully saturated rings. The minimum Gasteiger partial charge on any atom is -0.314 e. The highest BCUT2D eigenvalue weighted by atomic mass is 15.2. The molecule has 0 aliphatic rings. The van der Waals surface area contributed by atoms with E-state index in [1.807, 2.05) is 0 Å². The van der Waals surface area contributed by atoms with Crippen LogP contribution < -0.4 is 5.84 Å². The first-order valence-electron chi connectivity index (χ1n) is 1.74. The van der Waals surface area contributed by atoms with Crippen LogP contribution in [0.25, 0.3) is 0 Å². The Bertz CT molecular complexity index is 108. The first kappa shape index (κ1) is 5.85. The topological polar surface area (TPSA) is 63.1 Å². The van der Waals surface area contributed by atoms with Crippen LogP contribution in [0.3, 0.4) is 0 Å². The van der Waals surface area contributed by atoms with Crippen LogP contribution in [0.1, 0.15) is 6.92 Å². The molecule has 0 heterocycles. The lowest BCUT2D eigenvalue weighted by atomic mass is 10.9. The largest absolute Gasteiger partial charge is 0.314 e. The minimum absolute atomic E-state index is 1.51. The van der Waals surface area contributed by atoms with Crippen LogP contribution in [0.15, 0.2) is 15.3 Å². The van der Waals surface area contributed by atoms with Gasteiger partial charge in [0, 0.05) is 6.21 Å². The Kier molecular flexibility index (Phi) is 4.05. The standard InChI is InChI=1S/C3H6N4/c1-2-6-7-3-5-4/h2H,4H2,1H3. The molecular weight excluding hydrogens is 92.1 g/mol. The highest BCUT2D eigenvalue weighted by Crippen LogP contribution is 1.58. The van der Waals surface area contributed by atoms with E-state index in [1.54, 1.807) is 6.92 Å². The van der Waals surface area contributed by atoms with Crippen LogP contribution in [0.4, 0.5) is 0 Å². The molecule has 38 valence electrons. The van der Waals surface area contributed by atoms with Gasteiger partial charge < -0.3 is 5.84 Å². The van der Waals surface area contributed by atoms with Crippen molar-refractivity contribution in [2.75, 3.05) is 0 Å². The van der Waals surface area contributed by atoms with E-state index in [4.69, 9.17) is 0 Å². The fraction of sp³-hybridized carbons (Fsp3) is 0.333. The number of hydrazone groups is 1. The minimum atomic E-state index is 1.51. The quantitative estimate of drug-likeness (QED) is 0.281. The maximum Gasteiger partial charge on any atom is 0.141 e. The van der Waals surface area contributed by atoms with E-state index >= 15 is 0 Å². The second kappa shape index (κ2) is 4.85. The summed E-state index contributed by atoms with van der Waals surface area (Å²) in [5.41, 5.74) is 0. The second-order valence-electron chi connectivity index (χ2n) is 0.703. The van der Waals surface area contributed by atoms with Gasteiger partial charge in [0.2, 0.25) is 0 Å². The molecule has 0 atom stereocenters. The number of nitrogens with zero attached hydrogens (tertiary/aromatic N) is 3. The molecule has 4 heteroatoms. The van der Waals surface area contributed by atoms with E-state index in [0.717, 1.165) is 0 Å². The van der Waals surface area contributed by atoms with Crippen molar-refractivity contribution in [3.05, 3.63) is 0 Å². The second-order valence-corrected chi connectivity index (χ2v) is 0.703. The van der Waals surface area contributed by atoms with Gasteiger partial charge in [-0.15, -0.1) is 5.10 Å². The molecule has 0 spiro atoms. The first-order valence-corrected chi connectivity index (χ1v) is 1.74. The SMILES string of the molecule is CC=NN=C=NN. The lowest BCUT2D eigenvalue weighted by molar-refractivity contribution is 1.21. The van der Waals surface area contributed by atoms with Crippen LogP contribution in [0, 0.1) is 0 Å². The first-order chi connectivity index (χ1) is 3.41. The summed E-state index contributed by atoms with van der Waals surface area (Å²) in [6.45, 7) is 1.74. The molecule has 0 saturated heterocycles. The van der Waals surface area contributed by atoms with Gasteiger partial charge in [0.15, 0.2) is 0 Å². The highest BCUT2D eigenvalue weighted by molar-refractivity contribution is 5.54. The molecule has 2 N–H and O–H groups in total. The van der Waals surface area contributed by atoms with Crippen LogP contribution >= 0.6 is 0 Å². The van der Waals surface area contributed by atoms with E-state index < -0.39 is 0 Å². The molecular formula is C3H6N4. The van der Waals surface area contributed by atoms with Gasteiger partial charge >= 0.3 is 0 Å². The van der Waals surface area contributed by atoms with Crippen LogP contribution in [-0.4, -0.2) is 12.2 Å². The third kappa shape index (κ3) is 4.85. The van der Waals surface area contributed by atoms with Crippen molar-refractivity contribution in [1.29, 1.82) is 0 Å². The average molecular weight is 98.1 g/mol. The molecule has 0 aromatic rings. The van der Waals surface area contributed by atoms with E-state index in [1.165, 1.54) is 6.21 Å². The summed E-state index contributed by atoms with van der Waals surface area (Å²) in [7, 11) is 0. The number of hydrogen-bond acceptors (Lipinski definition) is 4. The summed E-state index contributed by atoms with van der Waals surface area (Å²) in [6.07, 6.45) is 1.51. The fourth-order valence-electron chi connectivity index (χ4n) is 0.109. The van der Waals surface area contributed by atoms with Gasteiger partial charge in [-0.05, 0) is 6.92 Å². The van der Waals surface area contributed by atoms with Crippen molar-refractivity contribution in [1.82, 2.24) is 0 Å². The molecule has 0 aromatic carbocycles. The maximum absolute atomic E-state index is 4.62. The lowest BCUT2D eigenvalue weighted by Gasteiger charge is -1.61. The fourth-order valence-corrected chi connectivity index (χ4v) is 0.109. The zero-order valence-corrected chi connectivity index (χ0v) is 4.00. The van der Waals surface area contributed by atoms with Crippen LogP contribution in [-0.2, 0) is 0 Å². The molecule has 0 radical (unpaired) electrons. The Balaban J connectivity index is 3.48. The summed E-state index contributed by atoms with van der Waals surface area (Å²) in [5.74, 6) is 4.62. The molecule has 0 bridgehead atoms. The third-order valence-electron chi connectivity index (χ3n) is 0.276. The maximum atomic E-state index is 4.62. The van der Waals surface area contributed by atoms with Gasteiger partial charge in [-0.2, -0.15) is 5.10 Å². The van der Waals surface area contributed by atoms with Crippen LogP contribution in [0.2, 0.25) is 0 Å². The Morgan fingerprint density at radius 1 is 1.71 bits per heavy atom. The van der Waals surface area contributed by atoms with Crippen molar-refractivity contribution in [2.24, 2.45) is 21.1 Å². The van der Waals surface area contributed by atoms with Crippen LogP contribution in [0.5, 0.6) is 0 Å². The zero-order chi connectivity index (χ0) is 5.54. The number of rotatable bonds is 1. The van der Waals surface area contributed by atoms with Gasteiger partial charge in [-0.25, -0.2) is 0 Å². The summed E-state index contributed by atoms with van der Waals surface area (Å²) in [5, 5.41) is 9.56. The molecule has 0 amide bonds. The van der Waals surface area contributed by atoms with Gasteiger partial charge in [0.25, 0.3) is 0 Å². The smallest absolute Gasteiger partial charge is 0.141 e. The summed E-state index contributed by atoms with van der Waals surface area (Å²) < 4.78 is 0. The van der Waals surface area contributed by atoms with Crippen molar-refractivity contribution in [3.63, 3.8) is 0 Å². The molecule has 0 unspecified atom stereocenters. The Morgan fingerprint density at radius 2 is 2.43 bits per heavy atom. The normalized spacial score (nSPS) is 8.14. The monoisotopic (exact) mass is 98.1 g/mol. The summed E-state index contributed by atoms with van der Waals surface area (Å²) in [6, 6.07) is 2.08. The van der Waals surface area contributed by atoms with Gasteiger partial charge in [0.1, 0.15) is 6.01 Å². The summed E-state index contributed by atoms with van der Waals surface area (Å²) >= 11 is 0. The molecule has 0 aromatic heterocycles. The summed E-state index contributed by atoms with van der Waals surface area (Å²) in [4.78, 5) is 0. The predicted molar refractivity (Wildman–Crippen MR) is 28.2 cm³/mol. The van der Waals surface area contributed by atoms with E-state index in [-0.39, 0.29) is 0 Å². The average Bonchev–Trinajstić information content (AvgIpc) is 1.69. The van der Waals surface area contributed by atoms with E-state index in [0.29, 0.717) is 0 Å². The number of nitrogens with two attached hydrogens (primary N) is 1. The molecule has 0 rings (SSSR count). The Labute approximate surface area is 41.4 Å². The van der Waals surface area contributed by atoms with Crippen molar-refractivity contribution in [2.45, 2.75) is 6.92 Å². The molecule has 0 aliphatic heterocycles. The Morgan fingerprint density at radius 3 is 2.86 bits per heavy atom. The van der Waals surface area contributed by atoms with E-state index in [9.17, 15) is 0 Å².